The summed E-state index contributed by atoms with van der Waals surface area (Å²) in [6.07, 6.45) is 0.816. The van der Waals surface area contributed by atoms with Crippen LogP contribution in [0.15, 0.2) is 28.7 Å². The van der Waals surface area contributed by atoms with Gasteiger partial charge in [0, 0.05) is 37.2 Å². The van der Waals surface area contributed by atoms with Gasteiger partial charge in [0.2, 0.25) is 0 Å². The molecule has 0 aliphatic rings. The van der Waals surface area contributed by atoms with Crippen LogP contribution in [0, 0.1) is 0 Å². The molecule has 0 bridgehead atoms. The van der Waals surface area contributed by atoms with Gasteiger partial charge in [0.25, 0.3) is 0 Å². The Morgan fingerprint density at radius 1 is 1.11 bits per heavy atom. The summed E-state index contributed by atoms with van der Waals surface area (Å²) < 4.78 is 12.2. The van der Waals surface area contributed by atoms with Gasteiger partial charge < -0.3 is 14.4 Å². The van der Waals surface area contributed by atoms with Gasteiger partial charge in [-0.3, -0.25) is 0 Å². The molecule has 0 spiro atoms. The average Bonchev–Trinajstić information content (AvgIpc) is 2.39. The molecule has 0 unspecified atom stereocenters. The molecular weight excluding hydrogens is 306 g/mol. The van der Waals surface area contributed by atoms with Crippen LogP contribution in [-0.2, 0) is 16.0 Å². The Hall–Kier alpha value is -0.420. The fourth-order valence-electron chi connectivity index (χ4n) is 1.89. The SMILES string of the molecule is CCOC(CCN(C)Cc1ccc(Br)cc1)OCC. The molecule has 1 aromatic rings. The van der Waals surface area contributed by atoms with Crippen LogP contribution in [0.3, 0.4) is 0 Å². The lowest BCUT2D eigenvalue weighted by molar-refractivity contribution is -0.141. The highest BCUT2D eigenvalue weighted by Gasteiger charge is 2.09. The third kappa shape index (κ3) is 7.06. The van der Waals surface area contributed by atoms with Gasteiger partial charge in [0.1, 0.15) is 0 Å². The zero-order valence-electron chi connectivity index (χ0n) is 12.1. The molecule has 0 aliphatic carbocycles. The van der Waals surface area contributed by atoms with E-state index in [1.165, 1.54) is 5.56 Å². The van der Waals surface area contributed by atoms with Crippen molar-refractivity contribution in [3.05, 3.63) is 34.3 Å². The van der Waals surface area contributed by atoms with Gasteiger partial charge in [-0.2, -0.15) is 0 Å². The number of nitrogens with zero attached hydrogens (tertiary/aromatic N) is 1. The summed E-state index contributed by atoms with van der Waals surface area (Å²) in [4.78, 5) is 2.29. The first-order valence-corrected chi connectivity index (χ1v) is 7.61. The highest BCUT2D eigenvalue weighted by atomic mass is 79.9. The monoisotopic (exact) mass is 329 g/mol. The Balaban J connectivity index is 2.33. The number of hydrogen-bond acceptors (Lipinski definition) is 3. The van der Waals surface area contributed by atoms with Crippen LogP contribution >= 0.6 is 15.9 Å². The molecule has 0 aromatic heterocycles. The molecule has 0 heterocycles. The van der Waals surface area contributed by atoms with Crippen LogP contribution in [-0.4, -0.2) is 38.0 Å². The van der Waals surface area contributed by atoms with Crippen molar-refractivity contribution in [1.29, 1.82) is 0 Å². The van der Waals surface area contributed by atoms with Crippen molar-refractivity contribution in [3.63, 3.8) is 0 Å². The number of rotatable bonds is 9. The Labute approximate surface area is 125 Å². The number of halogens is 1. The highest BCUT2D eigenvalue weighted by molar-refractivity contribution is 9.10. The molecular formula is C15H24BrNO2. The van der Waals surface area contributed by atoms with E-state index in [4.69, 9.17) is 9.47 Å². The predicted octanol–water partition coefficient (Wildman–Crippen LogP) is 3.67. The summed E-state index contributed by atoms with van der Waals surface area (Å²) in [7, 11) is 2.12. The molecule has 4 heteroatoms. The van der Waals surface area contributed by atoms with Gasteiger partial charge in [0.05, 0.1) is 0 Å². The fraction of sp³-hybridized carbons (Fsp3) is 0.600. The van der Waals surface area contributed by atoms with Crippen molar-refractivity contribution < 1.29 is 9.47 Å². The Morgan fingerprint density at radius 3 is 2.21 bits per heavy atom. The van der Waals surface area contributed by atoms with Crippen LogP contribution < -0.4 is 0 Å². The van der Waals surface area contributed by atoms with E-state index in [2.05, 4.69) is 52.1 Å². The lowest BCUT2D eigenvalue weighted by atomic mass is 10.2. The van der Waals surface area contributed by atoms with E-state index >= 15 is 0 Å². The molecule has 3 nitrogen and oxygen atoms in total. The third-order valence-corrected chi connectivity index (χ3v) is 3.35. The van der Waals surface area contributed by atoms with Crippen molar-refractivity contribution in [2.45, 2.75) is 33.1 Å². The molecule has 1 aromatic carbocycles. The second-order valence-electron chi connectivity index (χ2n) is 4.49. The van der Waals surface area contributed by atoms with Crippen molar-refractivity contribution >= 4 is 15.9 Å². The number of benzene rings is 1. The second-order valence-corrected chi connectivity index (χ2v) is 5.41. The third-order valence-electron chi connectivity index (χ3n) is 2.82. The molecule has 1 rings (SSSR count). The maximum Gasteiger partial charge on any atom is 0.158 e. The van der Waals surface area contributed by atoms with Crippen molar-refractivity contribution in [1.82, 2.24) is 4.90 Å². The standard InChI is InChI=1S/C15H24BrNO2/c1-4-18-15(19-5-2)10-11-17(3)12-13-6-8-14(16)9-7-13/h6-9,15H,4-5,10-12H2,1-3H3. The van der Waals surface area contributed by atoms with E-state index in [0.717, 1.165) is 24.0 Å². The van der Waals surface area contributed by atoms with E-state index in [1.54, 1.807) is 0 Å². The van der Waals surface area contributed by atoms with Gasteiger partial charge in [-0.1, -0.05) is 28.1 Å². The molecule has 0 saturated heterocycles. The maximum atomic E-state index is 5.54. The minimum Gasteiger partial charge on any atom is -0.353 e. The van der Waals surface area contributed by atoms with Crippen molar-refractivity contribution in [2.75, 3.05) is 26.8 Å². The van der Waals surface area contributed by atoms with Crippen LogP contribution in [0.2, 0.25) is 0 Å². The smallest absolute Gasteiger partial charge is 0.158 e. The van der Waals surface area contributed by atoms with Gasteiger partial charge >= 0.3 is 0 Å². The zero-order chi connectivity index (χ0) is 14.1. The largest absolute Gasteiger partial charge is 0.353 e. The fourth-order valence-corrected chi connectivity index (χ4v) is 2.16. The molecule has 0 fully saturated rings. The minimum atomic E-state index is -0.0811. The van der Waals surface area contributed by atoms with E-state index < -0.39 is 0 Å². The van der Waals surface area contributed by atoms with Crippen LogP contribution in [0.4, 0.5) is 0 Å². The van der Waals surface area contributed by atoms with Crippen molar-refractivity contribution in [3.8, 4) is 0 Å². The molecule has 0 radical (unpaired) electrons. The number of hydrogen-bond donors (Lipinski definition) is 0. The zero-order valence-corrected chi connectivity index (χ0v) is 13.6. The highest BCUT2D eigenvalue weighted by Crippen LogP contribution is 2.12. The lowest BCUT2D eigenvalue weighted by Crippen LogP contribution is -2.26. The van der Waals surface area contributed by atoms with Crippen LogP contribution in [0.25, 0.3) is 0 Å². The van der Waals surface area contributed by atoms with Gasteiger partial charge in [0.15, 0.2) is 6.29 Å². The summed E-state index contributed by atoms with van der Waals surface area (Å²) in [5.74, 6) is 0. The van der Waals surface area contributed by atoms with Gasteiger partial charge in [-0.15, -0.1) is 0 Å². The van der Waals surface area contributed by atoms with Gasteiger partial charge in [-0.25, -0.2) is 0 Å². The Kier molecular flexibility index (Phi) is 8.30. The van der Waals surface area contributed by atoms with Crippen molar-refractivity contribution in [2.24, 2.45) is 0 Å². The Bertz CT molecular complexity index is 337. The van der Waals surface area contributed by atoms with E-state index in [-0.39, 0.29) is 6.29 Å². The quantitative estimate of drug-likeness (QED) is 0.645. The summed E-state index contributed by atoms with van der Waals surface area (Å²) in [6.45, 7) is 7.29. The molecule has 108 valence electrons. The normalized spacial score (nSPS) is 11.5. The van der Waals surface area contributed by atoms with Crippen LogP contribution in [0.5, 0.6) is 0 Å². The molecule has 0 N–H and O–H groups in total. The Morgan fingerprint density at radius 2 is 1.68 bits per heavy atom. The first-order chi connectivity index (χ1) is 9.15. The summed E-state index contributed by atoms with van der Waals surface area (Å²) >= 11 is 3.45. The topological polar surface area (TPSA) is 21.7 Å². The first-order valence-electron chi connectivity index (χ1n) is 6.81. The first kappa shape index (κ1) is 16.6. The lowest BCUT2D eigenvalue weighted by Gasteiger charge is -2.21. The van der Waals surface area contributed by atoms with Gasteiger partial charge in [-0.05, 0) is 38.6 Å². The number of ether oxygens (including phenoxy) is 2. The summed E-state index contributed by atoms with van der Waals surface area (Å²) in [5.41, 5.74) is 1.31. The molecule has 0 amide bonds. The summed E-state index contributed by atoms with van der Waals surface area (Å²) in [5, 5.41) is 0. The summed E-state index contributed by atoms with van der Waals surface area (Å²) in [6, 6.07) is 8.44. The molecule has 19 heavy (non-hydrogen) atoms. The average molecular weight is 330 g/mol. The van der Waals surface area contributed by atoms with Crippen LogP contribution in [0.1, 0.15) is 25.8 Å². The molecule has 0 atom stereocenters. The minimum absolute atomic E-state index is 0.0811. The molecule has 0 saturated carbocycles. The van der Waals surface area contributed by atoms with E-state index in [0.29, 0.717) is 13.2 Å². The second kappa shape index (κ2) is 9.48. The predicted molar refractivity (Wildman–Crippen MR) is 82.1 cm³/mol. The van der Waals surface area contributed by atoms with E-state index in [1.807, 2.05) is 13.8 Å². The molecule has 0 aliphatic heterocycles. The maximum absolute atomic E-state index is 5.54. The van der Waals surface area contributed by atoms with E-state index in [9.17, 15) is 0 Å².